The van der Waals surface area contributed by atoms with Crippen LogP contribution in [0.2, 0.25) is 0 Å². The topological polar surface area (TPSA) is 76.1 Å². The average Bonchev–Trinajstić information content (AvgIpc) is 3.38. The summed E-state index contributed by atoms with van der Waals surface area (Å²) in [4.78, 5) is 25.6. The van der Waals surface area contributed by atoms with Gasteiger partial charge in [-0.05, 0) is 37.0 Å². The Balaban J connectivity index is 1.81. The zero-order valence-electron chi connectivity index (χ0n) is 12.4. The Morgan fingerprint density at radius 2 is 2.00 bits per heavy atom. The first-order chi connectivity index (χ1) is 10.6. The third-order valence-corrected chi connectivity index (χ3v) is 4.16. The molecule has 1 aliphatic carbocycles. The molecule has 1 unspecified atom stereocenters. The molecule has 2 aliphatic rings. The third kappa shape index (κ3) is 3.06. The maximum atomic E-state index is 12.7. The van der Waals surface area contributed by atoms with E-state index in [1.165, 1.54) is 19.2 Å². The summed E-state index contributed by atoms with van der Waals surface area (Å²) in [6, 6.07) is 4.39. The summed E-state index contributed by atoms with van der Waals surface area (Å²) < 4.78 is 10.8. The number of rotatable bonds is 4. The van der Waals surface area contributed by atoms with E-state index < -0.39 is 5.97 Å². The standard InChI is InChI=1S/C16H19NO5/c1-21-13-7-11(6-12(8-13)16(19)20)15(18)17-4-5-22-14(9-17)10-2-3-10/h6-8,10,14H,2-5,9H2,1H3,(H,19,20). The highest BCUT2D eigenvalue weighted by Crippen LogP contribution is 2.36. The molecule has 1 aliphatic heterocycles. The van der Waals surface area contributed by atoms with Crippen LogP contribution in [-0.4, -0.2) is 54.8 Å². The lowest BCUT2D eigenvalue weighted by Crippen LogP contribution is -2.46. The summed E-state index contributed by atoms with van der Waals surface area (Å²) in [5.41, 5.74) is 0.392. The number of amides is 1. The Morgan fingerprint density at radius 3 is 2.64 bits per heavy atom. The SMILES string of the molecule is COc1cc(C(=O)O)cc(C(=O)N2CCOC(C3CC3)C2)c1. The smallest absolute Gasteiger partial charge is 0.335 e. The van der Waals surface area contributed by atoms with Crippen molar-refractivity contribution in [1.82, 2.24) is 4.90 Å². The number of carbonyl (C=O) groups excluding carboxylic acids is 1. The van der Waals surface area contributed by atoms with Crippen LogP contribution in [0.3, 0.4) is 0 Å². The lowest BCUT2D eigenvalue weighted by molar-refractivity contribution is -0.0313. The van der Waals surface area contributed by atoms with Crippen molar-refractivity contribution in [3.8, 4) is 5.75 Å². The van der Waals surface area contributed by atoms with Crippen molar-refractivity contribution in [2.45, 2.75) is 18.9 Å². The Morgan fingerprint density at radius 1 is 1.27 bits per heavy atom. The first-order valence-electron chi connectivity index (χ1n) is 7.41. The van der Waals surface area contributed by atoms with Crippen molar-refractivity contribution in [3.63, 3.8) is 0 Å². The van der Waals surface area contributed by atoms with Crippen LogP contribution in [0.5, 0.6) is 5.75 Å². The molecule has 1 aromatic rings. The van der Waals surface area contributed by atoms with Gasteiger partial charge in [-0.2, -0.15) is 0 Å². The first kappa shape index (κ1) is 14.8. The van der Waals surface area contributed by atoms with Gasteiger partial charge in [-0.15, -0.1) is 0 Å². The molecule has 6 nitrogen and oxygen atoms in total. The fourth-order valence-electron chi connectivity index (χ4n) is 2.76. The van der Waals surface area contributed by atoms with Crippen LogP contribution in [0.25, 0.3) is 0 Å². The van der Waals surface area contributed by atoms with E-state index in [1.807, 2.05) is 0 Å². The number of aromatic carboxylic acids is 1. The van der Waals surface area contributed by atoms with Gasteiger partial charge < -0.3 is 19.5 Å². The number of methoxy groups -OCH3 is 1. The molecule has 1 atom stereocenters. The molecule has 0 bridgehead atoms. The van der Waals surface area contributed by atoms with Crippen LogP contribution in [-0.2, 0) is 4.74 Å². The first-order valence-corrected chi connectivity index (χ1v) is 7.41. The van der Waals surface area contributed by atoms with Gasteiger partial charge in [-0.3, -0.25) is 4.79 Å². The van der Waals surface area contributed by atoms with Gasteiger partial charge in [0.25, 0.3) is 5.91 Å². The third-order valence-electron chi connectivity index (χ3n) is 4.16. The van der Waals surface area contributed by atoms with E-state index in [-0.39, 0.29) is 17.6 Å². The molecular formula is C16H19NO5. The molecule has 2 fully saturated rings. The Kier molecular flexibility index (Phi) is 4.02. The summed E-state index contributed by atoms with van der Waals surface area (Å²) in [6.45, 7) is 1.63. The number of hydrogen-bond acceptors (Lipinski definition) is 4. The largest absolute Gasteiger partial charge is 0.497 e. The normalized spacial score (nSPS) is 21.5. The van der Waals surface area contributed by atoms with Crippen molar-refractivity contribution in [2.24, 2.45) is 5.92 Å². The zero-order chi connectivity index (χ0) is 15.7. The molecule has 0 aromatic heterocycles. The van der Waals surface area contributed by atoms with Gasteiger partial charge in [-0.25, -0.2) is 4.79 Å². The summed E-state index contributed by atoms with van der Waals surface area (Å²) in [5, 5.41) is 9.14. The molecule has 118 valence electrons. The Labute approximate surface area is 128 Å². The fourth-order valence-corrected chi connectivity index (χ4v) is 2.76. The van der Waals surface area contributed by atoms with Crippen molar-refractivity contribution in [1.29, 1.82) is 0 Å². The van der Waals surface area contributed by atoms with Crippen molar-refractivity contribution >= 4 is 11.9 Å². The predicted octanol–water partition coefficient (Wildman–Crippen LogP) is 1.64. The Bertz CT molecular complexity index is 596. The average molecular weight is 305 g/mol. The quantitative estimate of drug-likeness (QED) is 0.915. The number of carboxylic acid groups (broad SMARTS) is 1. The second kappa shape index (κ2) is 5.96. The van der Waals surface area contributed by atoms with E-state index >= 15 is 0 Å². The van der Waals surface area contributed by atoms with Crippen LogP contribution < -0.4 is 4.74 Å². The number of benzene rings is 1. The minimum absolute atomic E-state index is 0.0507. The second-order valence-electron chi connectivity index (χ2n) is 5.75. The molecule has 1 saturated carbocycles. The summed E-state index contributed by atoms with van der Waals surface area (Å²) in [5.74, 6) is -0.313. The van der Waals surface area contributed by atoms with Gasteiger partial charge in [0.15, 0.2) is 0 Å². The van der Waals surface area contributed by atoms with Gasteiger partial charge >= 0.3 is 5.97 Å². The maximum absolute atomic E-state index is 12.7. The highest BCUT2D eigenvalue weighted by molar-refractivity contribution is 5.98. The molecule has 1 aromatic carbocycles. The highest BCUT2D eigenvalue weighted by Gasteiger charge is 2.36. The molecule has 1 N–H and O–H groups in total. The van der Waals surface area contributed by atoms with E-state index in [2.05, 4.69) is 0 Å². The van der Waals surface area contributed by atoms with Crippen molar-refractivity contribution < 1.29 is 24.2 Å². The molecule has 22 heavy (non-hydrogen) atoms. The minimum atomic E-state index is -1.08. The number of hydrogen-bond donors (Lipinski definition) is 1. The van der Waals surface area contributed by atoms with Crippen LogP contribution in [0.1, 0.15) is 33.6 Å². The lowest BCUT2D eigenvalue weighted by Gasteiger charge is -2.33. The summed E-state index contributed by atoms with van der Waals surface area (Å²) >= 11 is 0. The summed E-state index contributed by atoms with van der Waals surface area (Å²) in [7, 11) is 1.45. The molecule has 6 heteroatoms. The number of carboxylic acids is 1. The van der Waals surface area contributed by atoms with Crippen molar-refractivity contribution in [3.05, 3.63) is 29.3 Å². The van der Waals surface area contributed by atoms with Crippen LogP contribution in [0.15, 0.2) is 18.2 Å². The Hall–Kier alpha value is -2.08. The number of morpholine rings is 1. The molecule has 0 spiro atoms. The van der Waals surface area contributed by atoms with Gasteiger partial charge in [0.2, 0.25) is 0 Å². The zero-order valence-corrected chi connectivity index (χ0v) is 12.4. The van der Waals surface area contributed by atoms with Gasteiger partial charge in [-0.1, -0.05) is 0 Å². The van der Waals surface area contributed by atoms with Gasteiger partial charge in [0, 0.05) is 18.7 Å². The highest BCUT2D eigenvalue weighted by atomic mass is 16.5. The molecule has 1 heterocycles. The van der Waals surface area contributed by atoms with Crippen molar-refractivity contribution in [2.75, 3.05) is 26.8 Å². The monoisotopic (exact) mass is 305 g/mol. The minimum Gasteiger partial charge on any atom is -0.497 e. The molecule has 1 saturated heterocycles. The molecule has 0 radical (unpaired) electrons. The van der Waals surface area contributed by atoms with E-state index in [4.69, 9.17) is 14.6 Å². The van der Waals surface area contributed by atoms with Gasteiger partial charge in [0.05, 0.1) is 25.4 Å². The van der Waals surface area contributed by atoms with Crippen LogP contribution in [0, 0.1) is 5.92 Å². The predicted molar refractivity (Wildman–Crippen MR) is 78.3 cm³/mol. The molecular weight excluding hydrogens is 286 g/mol. The van der Waals surface area contributed by atoms with E-state index in [0.29, 0.717) is 36.9 Å². The number of carbonyl (C=O) groups is 2. The fraction of sp³-hybridized carbons (Fsp3) is 0.500. The molecule has 3 rings (SSSR count). The van der Waals surface area contributed by atoms with E-state index in [1.54, 1.807) is 11.0 Å². The number of nitrogens with zero attached hydrogens (tertiary/aromatic N) is 1. The summed E-state index contributed by atoms with van der Waals surface area (Å²) in [6.07, 6.45) is 2.44. The van der Waals surface area contributed by atoms with E-state index in [0.717, 1.165) is 12.8 Å². The van der Waals surface area contributed by atoms with Crippen LogP contribution >= 0.6 is 0 Å². The second-order valence-corrected chi connectivity index (χ2v) is 5.75. The van der Waals surface area contributed by atoms with E-state index in [9.17, 15) is 9.59 Å². The molecule has 1 amide bonds. The van der Waals surface area contributed by atoms with Crippen LogP contribution in [0.4, 0.5) is 0 Å². The lowest BCUT2D eigenvalue weighted by atomic mass is 10.1. The maximum Gasteiger partial charge on any atom is 0.335 e. The van der Waals surface area contributed by atoms with Gasteiger partial charge in [0.1, 0.15) is 5.75 Å². The number of ether oxygens (including phenoxy) is 2.